The zero-order valence-electron chi connectivity index (χ0n) is 8.42. The molecular weight excluding hydrogens is 170 g/mol. The van der Waals surface area contributed by atoms with Gasteiger partial charge in [-0.3, -0.25) is 4.84 Å². The molecule has 13 heavy (non-hydrogen) atoms. The molecule has 1 heterocycles. The molecule has 0 aliphatic rings. The molecule has 0 fully saturated rings. The summed E-state index contributed by atoms with van der Waals surface area (Å²) < 4.78 is 4.53. The maximum atomic E-state index is 5.30. The van der Waals surface area contributed by atoms with E-state index >= 15 is 0 Å². The van der Waals surface area contributed by atoms with Crippen LogP contribution in [0.25, 0.3) is 0 Å². The fourth-order valence-corrected chi connectivity index (χ4v) is 0.731. The monoisotopic (exact) mass is 185 g/mol. The summed E-state index contributed by atoms with van der Waals surface area (Å²) in [6.45, 7) is 8.24. The highest BCUT2D eigenvalue weighted by atomic mass is 16.7. The van der Waals surface area contributed by atoms with Crippen molar-refractivity contribution in [3.8, 4) is 0 Å². The number of hydrogen-bond acceptors (Lipinski definition) is 5. The lowest BCUT2D eigenvalue weighted by atomic mass is 10.2. The quantitative estimate of drug-likeness (QED) is 0.717. The van der Waals surface area contributed by atoms with Crippen LogP contribution in [0, 0.1) is 6.92 Å². The first-order chi connectivity index (χ1) is 5.99. The van der Waals surface area contributed by atoms with Gasteiger partial charge in [-0.1, -0.05) is 10.3 Å². The minimum absolute atomic E-state index is 0.203. The summed E-state index contributed by atoms with van der Waals surface area (Å²) in [5.41, 5.74) is 4.15. The van der Waals surface area contributed by atoms with Gasteiger partial charge in [0.1, 0.15) is 11.4 Å². The summed E-state index contributed by atoms with van der Waals surface area (Å²) >= 11 is 0. The Kier molecular flexibility index (Phi) is 3.00. The molecule has 0 bridgehead atoms. The summed E-state index contributed by atoms with van der Waals surface area (Å²) in [6, 6.07) is 0. The van der Waals surface area contributed by atoms with Gasteiger partial charge in [-0.05, 0) is 27.7 Å². The van der Waals surface area contributed by atoms with Crippen molar-refractivity contribution < 1.29 is 9.47 Å². The summed E-state index contributed by atoms with van der Waals surface area (Å²) in [5.74, 6) is 0. The third kappa shape index (κ3) is 3.52. The summed E-state index contributed by atoms with van der Waals surface area (Å²) in [7, 11) is 0. The molecule has 0 aliphatic heterocycles. The number of hydroxylamine groups is 1. The SMILES string of the molecule is Cc1nonc1CNOC(C)(C)C. The van der Waals surface area contributed by atoms with E-state index in [1.54, 1.807) is 0 Å². The van der Waals surface area contributed by atoms with Crippen LogP contribution in [0.3, 0.4) is 0 Å². The molecule has 0 amide bonds. The van der Waals surface area contributed by atoms with Crippen LogP contribution >= 0.6 is 0 Å². The van der Waals surface area contributed by atoms with Crippen molar-refractivity contribution in [1.29, 1.82) is 0 Å². The lowest BCUT2D eigenvalue weighted by molar-refractivity contribution is -0.0764. The van der Waals surface area contributed by atoms with Gasteiger partial charge in [0.05, 0.1) is 12.1 Å². The molecule has 5 heteroatoms. The molecule has 0 spiro atoms. The number of aryl methyl sites for hydroxylation is 1. The van der Waals surface area contributed by atoms with Gasteiger partial charge < -0.3 is 0 Å². The minimum Gasteiger partial charge on any atom is -0.296 e. The van der Waals surface area contributed by atoms with Crippen LogP contribution in [0.4, 0.5) is 0 Å². The summed E-state index contributed by atoms with van der Waals surface area (Å²) in [4.78, 5) is 5.30. The zero-order chi connectivity index (χ0) is 9.90. The molecule has 1 aromatic rings. The highest BCUT2D eigenvalue weighted by molar-refractivity contribution is 5.03. The predicted molar refractivity (Wildman–Crippen MR) is 46.7 cm³/mol. The molecule has 0 aromatic carbocycles. The molecular formula is C8H15N3O2. The second kappa shape index (κ2) is 3.85. The molecule has 5 nitrogen and oxygen atoms in total. The predicted octanol–water partition coefficient (Wildman–Crippen LogP) is 1.20. The molecule has 0 atom stereocenters. The topological polar surface area (TPSA) is 60.2 Å². The maximum absolute atomic E-state index is 5.30. The van der Waals surface area contributed by atoms with Gasteiger partial charge in [-0.15, -0.1) is 0 Å². The van der Waals surface area contributed by atoms with Gasteiger partial charge in [0.25, 0.3) is 0 Å². The Morgan fingerprint density at radius 1 is 1.38 bits per heavy atom. The van der Waals surface area contributed by atoms with Crippen LogP contribution < -0.4 is 5.48 Å². The van der Waals surface area contributed by atoms with E-state index in [1.807, 2.05) is 27.7 Å². The Labute approximate surface area is 77.4 Å². The van der Waals surface area contributed by atoms with Crippen LogP contribution in [-0.2, 0) is 11.4 Å². The highest BCUT2D eigenvalue weighted by Gasteiger charge is 2.11. The van der Waals surface area contributed by atoms with Gasteiger partial charge in [0.2, 0.25) is 0 Å². The third-order valence-electron chi connectivity index (χ3n) is 1.36. The first-order valence-electron chi connectivity index (χ1n) is 4.18. The average molecular weight is 185 g/mol. The highest BCUT2D eigenvalue weighted by Crippen LogP contribution is 2.05. The fraction of sp³-hybridized carbons (Fsp3) is 0.750. The second-order valence-electron chi connectivity index (χ2n) is 3.83. The van der Waals surface area contributed by atoms with Crippen LogP contribution in [0.2, 0.25) is 0 Å². The molecule has 74 valence electrons. The minimum atomic E-state index is -0.203. The van der Waals surface area contributed by atoms with Crippen molar-refractivity contribution in [3.05, 3.63) is 11.4 Å². The van der Waals surface area contributed by atoms with Gasteiger partial charge >= 0.3 is 0 Å². The van der Waals surface area contributed by atoms with E-state index < -0.39 is 0 Å². The van der Waals surface area contributed by atoms with Crippen LogP contribution in [0.1, 0.15) is 32.2 Å². The third-order valence-corrected chi connectivity index (χ3v) is 1.36. The van der Waals surface area contributed by atoms with Crippen LogP contribution in [0.5, 0.6) is 0 Å². The van der Waals surface area contributed by atoms with Gasteiger partial charge in [-0.25, -0.2) is 4.63 Å². The Hall–Kier alpha value is -0.940. The van der Waals surface area contributed by atoms with Gasteiger partial charge in [0, 0.05) is 0 Å². The Morgan fingerprint density at radius 2 is 2.08 bits per heavy atom. The van der Waals surface area contributed by atoms with E-state index in [1.165, 1.54) is 0 Å². The normalized spacial score (nSPS) is 12.0. The molecule has 1 aromatic heterocycles. The molecule has 0 saturated carbocycles. The first kappa shape index (κ1) is 10.1. The Morgan fingerprint density at radius 3 is 2.54 bits per heavy atom. The zero-order valence-corrected chi connectivity index (χ0v) is 8.42. The standard InChI is InChI=1S/C8H15N3O2/c1-6-7(11-13-10-6)5-9-12-8(2,3)4/h9H,5H2,1-4H3. The number of rotatable bonds is 3. The Balaban J connectivity index is 2.32. The summed E-state index contributed by atoms with van der Waals surface area (Å²) in [6.07, 6.45) is 0. The summed E-state index contributed by atoms with van der Waals surface area (Å²) in [5, 5.41) is 7.36. The molecule has 0 saturated heterocycles. The first-order valence-corrected chi connectivity index (χ1v) is 4.18. The van der Waals surface area contributed by atoms with Gasteiger partial charge in [-0.2, -0.15) is 5.48 Å². The Bertz CT molecular complexity index is 265. The lowest BCUT2D eigenvalue weighted by Gasteiger charge is -2.18. The lowest BCUT2D eigenvalue weighted by Crippen LogP contribution is -2.29. The molecule has 0 radical (unpaired) electrons. The smallest absolute Gasteiger partial charge is 0.124 e. The van der Waals surface area contributed by atoms with Crippen molar-refractivity contribution in [3.63, 3.8) is 0 Å². The van der Waals surface area contributed by atoms with Crippen molar-refractivity contribution in [2.45, 2.75) is 39.8 Å². The second-order valence-corrected chi connectivity index (χ2v) is 3.83. The van der Waals surface area contributed by atoms with Crippen molar-refractivity contribution in [2.24, 2.45) is 0 Å². The van der Waals surface area contributed by atoms with E-state index in [0.717, 1.165) is 11.4 Å². The van der Waals surface area contributed by atoms with Crippen LogP contribution in [-0.4, -0.2) is 15.9 Å². The van der Waals surface area contributed by atoms with E-state index in [-0.39, 0.29) is 5.60 Å². The fourth-order valence-electron chi connectivity index (χ4n) is 0.731. The average Bonchev–Trinajstić information content (AvgIpc) is 2.34. The van der Waals surface area contributed by atoms with Crippen molar-refractivity contribution in [2.75, 3.05) is 0 Å². The number of aromatic nitrogens is 2. The van der Waals surface area contributed by atoms with E-state index in [4.69, 9.17) is 4.84 Å². The molecule has 1 N–H and O–H groups in total. The largest absolute Gasteiger partial charge is 0.296 e. The molecule has 0 aliphatic carbocycles. The number of hydrogen-bond donors (Lipinski definition) is 1. The number of nitrogens with one attached hydrogen (secondary N) is 1. The van der Waals surface area contributed by atoms with Crippen LogP contribution in [0.15, 0.2) is 4.63 Å². The van der Waals surface area contributed by atoms with Gasteiger partial charge in [0.15, 0.2) is 0 Å². The molecule has 1 rings (SSSR count). The van der Waals surface area contributed by atoms with Crippen molar-refractivity contribution in [1.82, 2.24) is 15.8 Å². The van der Waals surface area contributed by atoms with Crippen molar-refractivity contribution >= 4 is 0 Å². The van der Waals surface area contributed by atoms with E-state index in [9.17, 15) is 0 Å². The maximum Gasteiger partial charge on any atom is 0.124 e. The van der Waals surface area contributed by atoms with E-state index in [0.29, 0.717) is 6.54 Å². The molecule has 0 unspecified atom stereocenters. The number of nitrogens with zero attached hydrogens (tertiary/aromatic N) is 2. The van der Waals surface area contributed by atoms with E-state index in [2.05, 4.69) is 20.4 Å².